The Morgan fingerprint density at radius 3 is 2.59 bits per heavy atom. The van der Waals surface area contributed by atoms with Gasteiger partial charge in [-0.05, 0) is 36.4 Å². The second kappa shape index (κ2) is 9.75. The van der Waals surface area contributed by atoms with Crippen LogP contribution in [0.2, 0.25) is 0 Å². The lowest BCUT2D eigenvalue weighted by molar-refractivity contribution is -0.181. The number of methoxy groups -OCH3 is 1. The number of para-hydroxylation sites is 2. The molecule has 3 fully saturated rings. The number of piperazine rings is 1. The molecule has 2 amide bonds. The van der Waals surface area contributed by atoms with Crippen LogP contribution in [0.15, 0.2) is 48.5 Å². The van der Waals surface area contributed by atoms with E-state index in [4.69, 9.17) is 14.2 Å². The van der Waals surface area contributed by atoms with Gasteiger partial charge in [-0.2, -0.15) is 0 Å². The van der Waals surface area contributed by atoms with Crippen molar-refractivity contribution in [3.05, 3.63) is 54.3 Å². The number of ether oxygens (including phenoxy) is 3. The zero-order valence-corrected chi connectivity index (χ0v) is 18.9. The number of hydrogen-bond donors (Lipinski definition) is 3. The lowest BCUT2D eigenvalue weighted by Crippen LogP contribution is -2.67. The Balaban J connectivity index is 1.23. The highest BCUT2D eigenvalue weighted by atomic mass is 19.1. The average Bonchev–Trinajstić information content (AvgIpc) is 3.29. The van der Waals surface area contributed by atoms with E-state index in [0.717, 1.165) is 24.5 Å². The van der Waals surface area contributed by atoms with Crippen molar-refractivity contribution in [3.8, 4) is 5.75 Å². The Hall–Kier alpha value is -2.92. The van der Waals surface area contributed by atoms with E-state index in [9.17, 15) is 14.3 Å². The van der Waals surface area contributed by atoms with Gasteiger partial charge in [0.25, 0.3) is 0 Å². The van der Waals surface area contributed by atoms with Crippen LogP contribution >= 0.6 is 0 Å². The number of aliphatic hydroxyl groups is 1. The highest BCUT2D eigenvalue weighted by Gasteiger charge is 2.53. The van der Waals surface area contributed by atoms with Crippen molar-refractivity contribution in [1.29, 1.82) is 0 Å². The van der Waals surface area contributed by atoms with E-state index in [1.807, 2.05) is 24.3 Å². The number of carbonyl (C=O) groups is 1. The number of nitrogens with zero attached hydrogens (tertiary/aromatic N) is 2. The van der Waals surface area contributed by atoms with Crippen molar-refractivity contribution in [2.24, 2.45) is 0 Å². The molecule has 34 heavy (non-hydrogen) atoms. The highest BCUT2D eigenvalue weighted by Crippen LogP contribution is 2.33. The van der Waals surface area contributed by atoms with Gasteiger partial charge < -0.3 is 34.9 Å². The molecule has 10 heteroatoms. The molecule has 0 aromatic heterocycles. The predicted molar refractivity (Wildman–Crippen MR) is 124 cm³/mol. The molecule has 2 bridgehead atoms. The Bertz CT molecular complexity index is 1000. The first-order valence-corrected chi connectivity index (χ1v) is 11.4. The first-order valence-electron chi connectivity index (χ1n) is 11.4. The van der Waals surface area contributed by atoms with Gasteiger partial charge in [0, 0.05) is 31.9 Å². The molecular formula is C24H29FN4O5. The molecule has 9 nitrogen and oxygen atoms in total. The summed E-state index contributed by atoms with van der Waals surface area (Å²) in [5.41, 5.74) is 1.49. The average molecular weight is 473 g/mol. The predicted octanol–water partition coefficient (Wildman–Crippen LogP) is 1.63. The lowest BCUT2D eigenvalue weighted by atomic mass is 9.94. The van der Waals surface area contributed by atoms with E-state index < -0.39 is 36.6 Å². The van der Waals surface area contributed by atoms with Crippen LogP contribution in [0.4, 0.5) is 20.6 Å². The summed E-state index contributed by atoms with van der Waals surface area (Å²) in [5, 5.41) is 16.7. The Morgan fingerprint density at radius 2 is 1.85 bits per heavy atom. The van der Waals surface area contributed by atoms with Crippen LogP contribution in [-0.2, 0) is 9.47 Å². The monoisotopic (exact) mass is 472 g/mol. The van der Waals surface area contributed by atoms with Crippen LogP contribution in [0.5, 0.6) is 5.75 Å². The third-order valence-electron chi connectivity index (χ3n) is 6.69. The van der Waals surface area contributed by atoms with E-state index >= 15 is 0 Å². The molecule has 5 atom stereocenters. The van der Waals surface area contributed by atoms with Gasteiger partial charge in [-0.1, -0.05) is 12.1 Å². The van der Waals surface area contributed by atoms with E-state index in [1.165, 1.54) is 24.3 Å². The maximum atomic E-state index is 13.1. The van der Waals surface area contributed by atoms with Gasteiger partial charge in [0.2, 0.25) is 0 Å². The SMILES string of the molecule is COc1ccccc1N1CCN([C@@H]2[C@@H]3OC[C@H](O3)[C@@H](NC(=O)Nc3ccc(F)cc3)[C@@H]2O)CC1. The molecule has 2 aromatic rings. The normalized spacial score (nSPS) is 29.0. The zero-order valence-electron chi connectivity index (χ0n) is 18.9. The van der Waals surface area contributed by atoms with E-state index in [0.29, 0.717) is 25.4 Å². The fraction of sp³-hybridized carbons (Fsp3) is 0.458. The molecule has 5 rings (SSSR count). The van der Waals surface area contributed by atoms with Gasteiger partial charge in [-0.25, -0.2) is 9.18 Å². The molecule has 3 saturated heterocycles. The number of benzene rings is 2. The summed E-state index contributed by atoms with van der Waals surface area (Å²) in [4.78, 5) is 17.0. The summed E-state index contributed by atoms with van der Waals surface area (Å²) in [5.74, 6) is 0.445. The Labute approximate surface area is 197 Å². The van der Waals surface area contributed by atoms with Gasteiger partial charge in [0.15, 0.2) is 6.29 Å². The van der Waals surface area contributed by atoms with Crippen molar-refractivity contribution in [2.45, 2.75) is 30.6 Å². The van der Waals surface area contributed by atoms with Crippen LogP contribution in [0.1, 0.15) is 0 Å². The van der Waals surface area contributed by atoms with Crippen LogP contribution < -0.4 is 20.3 Å². The number of rotatable bonds is 5. The number of carbonyl (C=O) groups excluding carboxylic acids is 1. The molecule has 0 unspecified atom stereocenters. The fourth-order valence-corrected chi connectivity index (χ4v) is 4.97. The molecule has 0 spiro atoms. The summed E-state index contributed by atoms with van der Waals surface area (Å²) in [6.45, 7) is 3.19. The van der Waals surface area contributed by atoms with Crippen molar-refractivity contribution in [1.82, 2.24) is 10.2 Å². The fourth-order valence-electron chi connectivity index (χ4n) is 4.97. The number of halogens is 1. The maximum absolute atomic E-state index is 13.1. The number of hydrogen-bond acceptors (Lipinski definition) is 7. The minimum atomic E-state index is -0.872. The zero-order chi connectivity index (χ0) is 23.7. The molecule has 182 valence electrons. The quantitative estimate of drug-likeness (QED) is 0.609. The van der Waals surface area contributed by atoms with Gasteiger partial charge in [-0.15, -0.1) is 0 Å². The molecule has 3 N–H and O–H groups in total. The highest BCUT2D eigenvalue weighted by molar-refractivity contribution is 5.89. The van der Waals surface area contributed by atoms with Gasteiger partial charge in [-0.3, -0.25) is 4.90 Å². The van der Waals surface area contributed by atoms with Crippen LogP contribution in [-0.4, -0.2) is 86.5 Å². The Kier molecular flexibility index (Phi) is 6.55. The summed E-state index contributed by atoms with van der Waals surface area (Å²) in [7, 11) is 1.66. The lowest BCUT2D eigenvalue weighted by Gasteiger charge is -2.47. The number of anilines is 2. The van der Waals surface area contributed by atoms with Crippen LogP contribution in [0.3, 0.4) is 0 Å². The maximum Gasteiger partial charge on any atom is 0.319 e. The number of fused-ring (bicyclic) bond motifs is 2. The molecule has 3 aliphatic heterocycles. The van der Waals surface area contributed by atoms with Gasteiger partial charge in [0.1, 0.15) is 17.7 Å². The van der Waals surface area contributed by atoms with E-state index in [2.05, 4.69) is 20.4 Å². The molecule has 3 aliphatic rings. The standard InChI is InChI=1S/C24H29FN4O5/c1-32-18-5-3-2-4-17(18)28-10-12-29(13-11-28)21-22(30)20(19-14-33-23(21)34-19)27-24(31)26-16-8-6-15(25)7-9-16/h2-9,19-23,30H,10-14H2,1H3,(H2,26,27,31)/t19-,20+,21-,22-,23+/m0/s1. The third-order valence-corrected chi connectivity index (χ3v) is 6.69. The number of amides is 2. The third kappa shape index (κ3) is 4.54. The molecule has 0 aliphatic carbocycles. The number of urea groups is 1. The summed E-state index contributed by atoms with van der Waals surface area (Å²) in [6, 6.07) is 11.9. The summed E-state index contributed by atoms with van der Waals surface area (Å²) >= 11 is 0. The van der Waals surface area contributed by atoms with Crippen molar-refractivity contribution < 1.29 is 28.5 Å². The van der Waals surface area contributed by atoms with Crippen LogP contribution in [0.25, 0.3) is 0 Å². The second-order valence-corrected chi connectivity index (χ2v) is 8.68. The number of aliphatic hydroxyl groups excluding tert-OH is 1. The minimum absolute atomic E-state index is 0.293. The van der Waals surface area contributed by atoms with Crippen molar-refractivity contribution >= 4 is 17.4 Å². The minimum Gasteiger partial charge on any atom is -0.495 e. The molecule has 3 heterocycles. The first-order chi connectivity index (χ1) is 16.5. The topological polar surface area (TPSA) is 95.5 Å². The van der Waals surface area contributed by atoms with Crippen LogP contribution in [0, 0.1) is 5.82 Å². The second-order valence-electron chi connectivity index (χ2n) is 8.68. The van der Waals surface area contributed by atoms with Gasteiger partial charge in [0.05, 0.1) is 37.6 Å². The van der Waals surface area contributed by atoms with Gasteiger partial charge >= 0.3 is 6.03 Å². The van der Waals surface area contributed by atoms with Crippen molar-refractivity contribution in [3.63, 3.8) is 0 Å². The summed E-state index contributed by atoms with van der Waals surface area (Å²) in [6.07, 6.45) is -1.86. The van der Waals surface area contributed by atoms with E-state index in [-0.39, 0.29) is 5.82 Å². The Morgan fingerprint density at radius 1 is 1.12 bits per heavy atom. The molecular weight excluding hydrogens is 443 g/mol. The summed E-state index contributed by atoms with van der Waals surface area (Å²) < 4.78 is 30.5. The first kappa shape index (κ1) is 22.9. The smallest absolute Gasteiger partial charge is 0.319 e. The molecule has 2 aromatic carbocycles. The number of nitrogens with one attached hydrogen (secondary N) is 2. The van der Waals surface area contributed by atoms with E-state index in [1.54, 1.807) is 7.11 Å². The van der Waals surface area contributed by atoms with Crippen molar-refractivity contribution in [2.75, 3.05) is 50.1 Å². The largest absolute Gasteiger partial charge is 0.495 e. The molecule has 0 saturated carbocycles. The molecule has 0 radical (unpaired) electrons.